The van der Waals surface area contributed by atoms with Crippen LogP contribution in [0.4, 0.5) is 0 Å². The molecule has 0 radical (unpaired) electrons. The fourth-order valence-corrected chi connectivity index (χ4v) is 10.9. The van der Waals surface area contributed by atoms with E-state index in [4.69, 9.17) is 0 Å². The van der Waals surface area contributed by atoms with E-state index in [1.54, 1.807) is 12.1 Å². The van der Waals surface area contributed by atoms with Crippen LogP contribution in [-0.4, -0.2) is 14.1 Å². The summed E-state index contributed by atoms with van der Waals surface area (Å²) in [4.78, 5) is 2.85. The maximum Gasteiger partial charge on any atom is 0.276 e. The number of nitrogens with one attached hydrogen (secondary N) is 1. The second-order valence-corrected chi connectivity index (χ2v) is 16.6. The Morgan fingerprint density at radius 3 is 2.36 bits per heavy atom. The molecule has 0 aliphatic heterocycles. The average Bonchev–Trinajstić information content (AvgIpc) is 3.25. The lowest BCUT2D eigenvalue weighted by atomic mass is 9.44. The monoisotopic (exact) mass is 554 g/mol. The first kappa shape index (κ1) is 29.1. The third kappa shape index (κ3) is 5.60. The Hall–Kier alpha value is -1.36. The summed E-state index contributed by atoms with van der Waals surface area (Å²) in [6, 6.07) is 6.99. The lowest BCUT2D eigenvalue weighted by molar-refractivity contribution is -0.105. The molecular formula is C34H54N2O2S. The van der Waals surface area contributed by atoms with Gasteiger partial charge in [-0.15, -0.1) is 0 Å². The Balaban J connectivity index is 1.23. The van der Waals surface area contributed by atoms with Gasteiger partial charge in [0.1, 0.15) is 0 Å². The lowest BCUT2D eigenvalue weighted by Gasteiger charge is -2.61. The lowest BCUT2D eigenvalue weighted by Crippen LogP contribution is -2.53. The molecule has 5 heteroatoms. The zero-order valence-electron chi connectivity index (χ0n) is 25.5. The first-order valence-corrected chi connectivity index (χ1v) is 17.6. The number of hydrazone groups is 1. The molecule has 4 nitrogen and oxygen atoms in total. The Labute approximate surface area is 239 Å². The van der Waals surface area contributed by atoms with Crippen LogP contribution in [0.2, 0.25) is 0 Å². The zero-order chi connectivity index (χ0) is 28.0. The van der Waals surface area contributed by atoms with Crippen molar-refractivity contribution in [3.63, 3.8) is 0 Å². The fourth-order valence-electron chi connectivity index (χ4n) is 10.1. The number of sulfonamides is 1. The van der Waals surface area contributed by atoms with Gasteiger partial charge < -0.3 is 0 Å². The van der Waals surface area contributed by atoms with Crippen molar-refractivity contribution >= 4 is 15.7 Å². The SMILES string of the molecule is Cc1ccc(S(=O)(=O)N/N=C2/CC[C@@]3(C)[C@H](CC[C@@H]4[C@@H]3CC[C@]3(C)[C@@H]([C@@H](C)CCCC(C)C)CC[C@@H]43)C2)cc1. The van der Waals surface area contributed by atoms with Gasteiger partial charge in [-0.2, -0.15) is 13.5 Å². The van der Waals surface area contributed by atoms with Crippen LogP contribution in [0.15, 0.2) is 34.3 Å². The van der Waals surface area contributed by atoms with Crippen LogP contribution in [0.5, 0.6) is 0 Å². The average molecular weight is 555 g/mol. The molecule has 0 saturated heterocycles. The van der Waals surface area contributed by atoms with E-state index in [9.17, 15) is 8.42 Å². The van der Waals surface area contributed by atoms with E-state index in [1.165, 1.54) is 57.8 Å². The predicted molar refractivity (Wildman–Crippen MR) is 162 cm³/mol. The molecule has 218 valence electrons. The first-order valence-electron chi connectivity index (χ1n) is 16.1. The summed E-state index contributed by atoms with van der Waals surface area (Å²) in [5.41, 5.74) is 3.01. The van der Waals surface area contributed by atoms with E-state index >= 15 is 0 Å². The Bertz CT molecular complexity index is 1140. The molecule has 0 bridgehead atoms. The standard InChI is InChI=1S/C34H54N2O2S/c1-23(2)8-7-9-25(4)30-16-17-31-29-15-12-26-22-27(18-20-33(26,5)32(29)19-21-34(30,31)6)35-36-39(37,38)28-13-10-24(3)11-14-28/h10-11,13-14,23,25-26,29-32,36H,7-9,12,15-22H2,1-6H3/b35-27-/t25-,26+,29-,30+,31-,32-,33-,34+/m0/s1. The normalized spacial score (nSPS) is 38.2. The Morgan fingerprint density at radius 1 is 0.923 bits per heavy atom. The summed E-state index contributed by atoms with van der Waals surface area (Å²) >= 11 is 0. The largest absolute Gasteiger partial charge is 0.276 e. The molecule has 0 spiro atoms. The van der Waals surface area contributed by atoms with Crippen molar-refractivity contribution in [2.75, 3.05) is 0 Å². The van der Waals surface area contributed by atoms with E-state index in [0.717, 1.165) is 66.0 Å². The van der Waals surface area contributed by atoms with Gasteiger partial charge >= 0.3 is 0 Å². The van der Waals surface area contributed by atoms with Gasteiger partial charge in [0.25, 0.3) is 10.0 Å². The van der Waals surface area contributed by atoms with Gasteiger partial charge in [-0.25, -0.2) is 4.83 Å². The van der Waals surface area contributed by atoms with Crippen LogP contribution >= 0.6 is 0 Å². The van der Waals surface area contributed by atoms with Crippen molar-refractivity contribution in [3.8, 4) is 0 Å². The minimum atomic E-state index is -3.62. The molecule has 39 heavy (non-hydrogen) atoms. The second kappa shape index (κ2) is 11.1. The summed E-state index contributed by atoms with van der Waals surface area (Å²) in [7, 11) is -3.62. The number of rotatable bonds is 8. The molecule has 0 aromatic heterocycles. The van der Waals surface area contributed by atoms with Crippen LogP contribution in [0.25, 0.3) is 0 Å². The molecule has 0 heterocycles. The summed E-state index contributed by atoms with van der Waals surface area (Å²) < 4.78 is 25.6. The van der Waals surface area contributed by atoms with Crippen molar-refractivity contribution in [1.29, 1.82) is 0 Å². The molecule has 4 aliphatic carbocycles. The number of fused-ring (bicyclic) bond motifs is 5. The van der Waals surface area contributed by atoms with Gasteiger partial charge in [0.15, 0.2) is 0 Å². The molecule has 4 aliphatic rings. The maximum atomic E-state index is 12.8. The molecular weight excluding hydrogens is 500 g/mol. The maximum absolute atomic E-state index is 12.8. The van der Waals surface area contributed by atoms with Gasteiger partial charge in [0.2, 0.25) is 0 Å². The number of hydrogen-bond acceptors (Lipinski definition) is 3. The summed E-state index contributed by atoms with van der Waals surface area (Å²) in [5.74, 6) is 5.85. The highest BCUT2D eigenvalue weighted by molar-refractivity contribution is 7.89. The van der Waals surface area contributed by atoms with Crippen LogP contribution in [-0.2, 0) is 10.0 Å². The first-order chi connectivity index (χ1) is 18.4. The molecule has 1 aromatic rings. The number of hydrogen-bond donors (Lipinski definition) is 1. The van der Waals surface area contributed by atoms with Crippen LogP contribution in [0, 0.1) is 59.2 Å². The molecule has 5 rings (SSSR count). The minimum absolute atomic E-state index is 0.285. The van der Waals surface area contributed by atoms with E-state index in [2.05, 4.69) is 44.6 Å². The highest BCUT2D eigenvalue weighted by Gasteiger charge is 2.60. The number of aryl methyl sites for hydroxylation is 1. The summed E-state index contributed by atoms with van der Waals surface area (Å²) in [6.07, 6.45) is 15.6. The minimum Gasteiger partial charge on any atom is -0.200 e. The van der Waals surface area contributed by atoms with Crippen molar-refractivity contribution in [2.24, 2.45) is 57.4 Å². The van der Waals surface area contributed by atoms with Gasteiger partial charge in [0, 0.05) is 5.71 Å². The van der Waals surface area contributed by atoms with Crippen molar-refractivity contribution in [2.45, 2.75) is 123 Å². The second-order valence-electron chi connectivity index (χ2n) is 15.0. The van der Waals surface area contributed by atoms with Crippen LogP contribution < -0.4 is 4.83 Å². The van der Waals surface area contributed by atoms with Gasteiger partial charge in [-0.3, -0.25) is 0 Å². The van der Waals surface area contributed by atoms with Crippen molar-refractivity contribution in [1.82, 2.24) is 4.83 Å². The quantitative estimate of drug-likeness (QED) is 0.327. The number of nitrogens with zero attached hydrogens (tertiary/aromatic N) is 1. The van der Waals surface area contributed by atoms with Gasteiger partial charge in [0.05, 0.1) is 4.90 Å². The van der Waals surface area contributed by atoms with Crippen LogP contribution in [0.1, 0.15) is 117 Å². The van der Waals surface area contributed by atoms with Gasteiger partial charge in [-0.05, 0) is 129 Å². The van der Waals surface area contributed by atoms with E-state index < -0.39 is 10.0 Å². The van der Waals surface area contributed by atoms with Crippen LogP contribution in [0.3, 0.4) is 0 Å². The number of benzene rings is 1. The highest BCUT2D eigenvalue weighted by Crippen LogP contribution is 2.68. The molecule has 1 N–H and O–H groups in total. The van der Waals surface area contributed by atoms with Crippen molar-refractivity contribution < 1.29 is 8.42 Å². The Kier molecular flexibility index (Phi) is 8.32. The summed E-state index contributed by atoms with van der Waals surface area (Å²) in [5, 5.41) is 4.49. The molecule has 1 aromatic carbocycles. The highest BCUT2D eigenvalue weighted by atomic mass is 32.2. The van der Waals surface area contributed by atoms with E-state index in [-0.39, 0.29) is 4.90 Å². The third-order valence-electron chi connectivity index (χ3n) is 12.4. The Morgan fingerprint density at radius 2 is 1.64 bits per heavy atom. The van der Waals surface area contributed by atoms with Crippen molar-refractivity contribution in [3.05, 3.63) is 29.8 Å². The molecule has 8 atom stereocenters. The molecule has 0 amide bonds. The van der Waals surface area contributed by atoms with E-state index in [1.807, 2.05) is 19.1 Å². The van der Waals surface area contributed by atoms with Gasteiger partial charge in [-0.1, -0.05) is 71.6 Å². The molecule has 0 unspecified atom stereocenters. The third-order valence-corrected chi connectivity index (χ3v) is 13.6. The van der Waals surface area contributed by atoms with E-state index in [0.29, 0.717) is 16.7 Å². The summed E-state index contributed by atoms with van der Waals surface area (Å²) in [6.45, 7) is 14.5. The topological polar surface area (TPSA) is 58.5 Å². The fraction of sp³-hybridized carbons (Fsp3) is 0.794. The molecule has 4 fully saturated rings. The smallest absolute Gasteiger partial charge is 0.200 e. The predicted octanol–water partition coefficient (Wildman–Crippen LogP) is 8.75. The zero-order valence-corrected chi connectivity index (χ0v) is 26.3. The molecule has 4 saturated carbocycles.